The second-order valence-corrected chi connectivity index (χ2v) is 11.5. The Morgan fingerprint density at radius 2 is 1.89 bits per heavy atom. The predicted octanol–water partition coefficient (Wildman–Crippen LogP) is 4.40. The number of carbonyl (C=O) groups excluding carboxylic acids is 2. The van der Waals surface area contributed by atoms with Crippen LogP contribution in [0.25, 0.3) is 0 Å². The number of rotatable bonds is 3. The van der Waals surface area contributed by atoms with Crippen LogP contribution in [0.1, 0.15) is 56.9 Å². The number of fused-ring (bicyclic) bond motifs is 1. The lowest BCUT2D eigenvalue weighted by Crippen LogP contribution is -2.55. The highest BCUT2D eigenvalue weighted by Gasteiger charge is 2.37. The van der Waals surface area contributed by atoms with Gasteiger partial charge < -0.3 is 19.6 Å². The molecule has 2 aromatic carbocycles. The van der Waals surface area contributed by atoms with Gasteiger partial charge in [-0.2, -0.15) is 5.26 Å². The number of nitriles is 1. The van der Waals surface area contributed by atoms with E-state index in [1.54, 1.807) is 11.0 Å². The average Bonchev–Trinajstić information content (AvgIpc) is 2.84. The molecule has 2 amide bonds. The first-order valence-corrected chi connectivity index (χ1v) is 13.2. The lowest BCUT2D eigenvalue weighted by Gasteiger charge is -2.42. The van der Waals surface area contributed by atoms with Crippen molar-refractivity contribution in [2.45, 2.75) is 72.3 Å². The summed E-state index contributed by atoms with van der Waals surface area (Å²) in [5.41, 5.74) is 4.87. The quantitative estimate of drug-likeness (QED) is 0.647. The highest BCUT2D eigenvalue weighted by atomic mass is 16.6. The van der Waals surface area contributed by atoms with E-state index >= 15 is 0 Å². The number of aliphatic hydroxyl groups is 1. The molecule has 0 aromatic heterocycles. The van der Waals surface area contributed by atoms with E-state index in [4.69, 9.17) is 4.74 Å². The summed E-state index contributed by atoms with van der Waals surface area (Å²) in [4.78, 5) is 30.8. The molecule has 202 valence electrons. The Morgan fingerprint density at radius 3 is 2.53 bits per heavy atom. The largest absolute Gasteiger partial charge is 0.444 e. The van der Waals surface area contributed by atoms with Gasteiger partial charge in [-0.1, -0.05) is 6.07 Å². The number of ether oxygens (including phenoxy) is 1. The van der Waals surface area contributed by atoms with Crippen molar-refractivity contribution in [3.8, 4) is 6.07 Å². The van der Waals surface area contributed by atoms with Gasteiger partial charge in [-0.05, 0) is 94.5 Å². The molecule has 8 nitrogen and oxygen atoms in total. The van der Waals surface area contributed by atoms with Crippen molar-refractivity contribution in [1.82, 2.24) is 4.90 Å². The van der Waals surface area contributed by atoms with Crippen molar-refractivity contribution < 1.29 is 19.4 Å². The number of nitrogens with zero attached hydrogens (tertiary/aromatic N) is 4. The van der Waals surface area contributed by atoms with Crippen LogP contribution in [0.4, 0.5) is 16.2 Å². The van der Waals surface area contributed by atoms with Crippen LogP contribution >= 0.6 is 0 Å². The Hall–Kier alpha value is -3.57. The van der Waals surface area contributed by atoms with Gasteiger partial charge in [0, 0.05) is 49.9 Å². The van der Waals surface area contributed by atoms with Crippen LogP contribution in [0.5, 0.6) is 0 Å². The summed E-state index contributed by atoms with van der Waals surface area (Å²) < 4.78 is 5.58. The van der Waals surface area contributed by atoms with Crippen LogP contribution in [0.15, 0.2) is 36.4 Å². The van der Waals surface area contributed by atoms with Crippen LogP contribution in [0.2, 0.25) is 0 Å². The molecular weight excluding hydrogens is 480 g/mol. The molecule has 0 spiro atoms. The molecule has 8 heteroatoms. The maximum Gasteiger partial charge on any atom is 0.410 e. The van der Waals surface area contributed by atoms with Gasteiger partial charge in [0.05, 0.1) is 11.6 Å². The first kappa shape index (κ1) is 27.5. The molecule has 2 aromatic rings. The van der Waals surface area contributed by atoms with Gasteiger partial charge in [0.1, 0.15) is 11.8 Å². The van der Waals surface area contributed by atoms with Gasteiger partial charge in [-0.15, -0.1) is 0 Å². The Labute approximate surface area is 225 Å². The van der Waals surface area contributed by atoms with E-state index in [0.29, 0.717) is 38.0 Å². The van der Waals surface area contributed by atoms with Gasteiger partial charge in [0.25, 0.3) is 0 Å². The van der Waals surface area contributed by atoms with Crippen LogP contribution in [0, 0.1) is 24.2 Å². The standard InChI is InChI=1S/C30H38N4O4/c1-19-7-8-22(17-31)13-23(19)14-25-15-24-16-26(9-10-27(24)34(21(3)35)28(25)36)32-11-12-33(20(2)18-32)29(37)38-30(4,5)6/h7-10,13,16,20,25,28,36H,11-12,14-15,18H2,1-6H3/t20-,25?,28+/m1/s1. The van der Waals surface area contributed by atoms with E-state index < -0.39 is 11.8 Å². The van der Waals surface area contributed by atoms with Crippen molar-refractivity contribution >= 4 is 23.4 Å². The van der Waals surface area contributed by atoms with Gasteiger partial charge >= 0.3 is 6.09 Å². The number of carbonyl (C=O) groups is 2. The summed E-state index contributed by atoms with van der Waals surface area (Å²) in [5.74, 6) is -0.421. The van der Waals surface area contributed by atoms with Crippen molar-refractivity contribution in [2.75, 3.05) is 29.4 Å². The fraction of sp³-hybridized carbons (Fsp3) is 0.500. The Balaban J connectivity index is 1.56. The number of benzene rings is 2. The zero-order valence-corrected chi connectivity index (χ0v) is 23.2. The van der Waals surface area contributed by atoms with Crippen LogP contribution < -0.4 is 9.80 Å². The second-order valence-electron chi connectivity index (χ2n) is 11.5. The molecule has 1 N–H and O–H groups in total. The summed E-state index contributed by atoms with van der Waals surface area (Å²) >= 11 is 0. The number of aliphatic hydroxyl groups excluding tert-OH is 1. The third kappa shape index (κ3) is 5.78. The molecule has 0 bridgehead atoms. The number of hydrogen-bond acceptors (Lipinski definition) is 6. The number of anilines is 2. The van der Waals surface area contributed by atoms with Gasteiger partial charge in [0.2, 0.25) is 5.91 Å². The summed E-state index contributed by atoms with van der Waals surface area (Å²) in [7, 11) is 0. The molecule has 1 saturated heterocycles. The Bertz CT molecular complexity index is 1260. The SMILES string of the molecule is CC(=O)N1c2ccc(N3CCN(C(=O)OC(C)(C)C)[C@H](C)C3)cc2CC(Cc2cc(C#N)ccc2C)[C@@H]1O. The summed E-state index contributed by atoms with van der Waals surface area (Å²) in [6.45, 7) is 13.0. The third-order valence-electron chi connectivity index (χ3n) is 7.41. The molecule has 2 aliphatic heterocycles. The molecule has 3 atom stereocenters. The highest BCUT2D eigenvalue weighted by molar-refractivity contribution is 5.93. The molecule has 2 heterocycles. The maximum absolute atomic E-state index is 12.6. The van der Waals surface area contributed by atoms with Crippen molar-refractivity contribution in [3.05, 3.63) is 58.7 Å². The molecule has 0 radical (unpaired) electrons. The number of hydrogen-bond donors (Lipinski definition) is 1. The average molecular weight is 519 g/mol. The molecule has 0 saturated carbocycles. The minimum atomic E-state index is -0.951. The van der Waals surface area contributed by atoms with Crippen molar-refractivity contribution in [3.63, 3.8) is 0 Å². The summed E-state index contributed by atoms with van der Waals surface area (Å²) in [6.07, 6.45) is -0.0764. The van der Waals surface area contributed by atoms with Crippen LogP contribution in [-0.2, 0) is 22.4 Å². The highest BCUT2D eigenvalue weighted by Crippen LogP contribution is 2.38. The van der Waals surface area contributed by atoms with E-state index in [1.807, 2.05) is 58.9 Å². The van der Waals surface area contributed by atoms with Crippen molar-refractivity contribution in [1.29, 1.82) is 5.26 Å². The monoisotopic (exact) mass is 518 g/mol. The van der Waals surface area contributed by atoms with Gasteiger partial charge in [-0.3, -0.25) is 9.69 Å². The van der Waals surface area contributed by atoms with E-state index in [0.717, 1.165) is 28.1 Å². The Kier molecular flexibility index (Phi) is 7.70. The summed E-state index contributed by atoms with van der Waals surface area (Å²) in [6, 6.07) is 13.8. The lowest BCUT2D eigenvalue weighted by molar-refractivity contribution is -0.119. The topological polar surface area (TPSA) is 97.1 Å². The molecule has 38 heavy (non-hydrogen) atoms. The maximum atomic E-state index is 12.6. The Morgan fingerprint density at radius 1 is 1.16 bits per heavy atom. The molecule has 4 rings (SSSR count). The van der Waals surface area contributed by atoms with E-state index in [-0.39, 0.29) is 24.0 Å². The van der Waals surface area contributed by atoms with E-state index in [9.17, 15) is 20.0 Å². The minimum absolute atomic E-state index is 0.0201. The van der Waals surface area contributed by atoms with Crippen LogP contribution in [-0.4, -0.2) is 59.5 Å². The fourth-order valence-electron chi connectivity index (χ4n) is 5.47. The smallest absolute Gasteiger partial charge is 0.410 e. The third-order valence-corrected chi connectivity index (χ3v) is 7.41. The first-order valence-electron chi connectivity index (χ1n) is 13.2. The van der Waals surface area contributed by atoms with Gasteiger partial charge in [0.15, 0.2) is 0 Å². The van der Waals surface area contributed by atoms with Crippen LogP contribution in [0.3, 0.4) is 0 Å². The molecule has 2 aliphatic rings. The molecule has 0 aliphatic carbocycles. The molecule has 1 unspecified atom stereocenters. The van der Waals surface area contributed by atoms with Crippen molar-refractivity contribution in [2.24, 2.45) is 5.92 Å². The summed E-state index contributed by atoms with van der Waals surface area (Å²) in [5, 5.41) is 20.6. The predicted molar refractivity (Wildman–Crippen MR) is 147 cm³/mol. The lowest BCUT2D eigenvalue weighted by atomic mass is 9.84. The first-order chi connectivity index (χ1) is 17.9. The van der Waals surface area contributed by atoms with E-state index in [2.05, 4.69) is 17.0 Å². The molecular formula is C30H38N4O4. The zero-order chi connectivity index (χ0) is 27.8. The number of aryl methyl sites for hydroxylation is 1. The normalized spacial score (nSPS) is 21.5. The van der Waals surface area contributed by atoms with Gasteiger partial charge in [-0.25, -0.2) is 4.79 Å². The second kappa shape index (κ2) is 10.7. The zero-order valence-electron chi connectivity index (χ0n) is 23.2. The molecule has 1 fully saturated rings. The fourth-order valence-corrected chi connectivity index (χ4v) is 5.47. The number of piperazine rings is 1. The van der Waals surface area contributed by atoms with E-state index in [1.165, 1.54) is 11.8 Å². The minimum Gasteiger partial charge on any atom is -0.444 e. The number of amides is 2.